The molecule has 0 saturated carbocycles. The van der Waals surface area contributed by atoms with E-state index >= 15 is 0 Å². The Bertz CT molecular complexity index is 1140. The van der Waals surface area contributed by atoms with Crippen LogP contribution in [0.25, 0.3) is 0 Å². The number of para-hydroxylation sites is 1. The number of carbonyl (C=O) groups is 1. The van der Waals surface area contributed by atoms with Crippen molar-refractivity contribution in [3.05, 3.63) is 57.0 Å². The summed E-state index contributed by atoms with van der Waals surface area (Å²) in [7, 11) is 3.10. The van der Waals surface area contributed by atoms with Gasteiger partial charge in [0, 0.05) is 72.5 Å². The van der Waals surface area contributed by atoms with Crippen molar-refractivity contribution in [2.75, 3.05) is 62.2 Å². The van der Waals surface area contributed by atoms with Crippen LogP contribution in [0.4, 0.5) is 15.9 Å². The molecule has 0 radical (unpaired) electrons. The first-order valence-corrected chi connectivity index (χ1v) is 11.9. The monoisotopic (exact) mass is 472 g/mol. The number of piperazine rings is 1. The third kappa shape index (κ3) is 5.16. The minimum atomic E-state index is -0.371. The lowest BCUT2D eigenvalue weighted by Gasteiger charge is -2.36. The summed E-state index contributed by atoms with van der Waals surface area (Å²) in [6, 6.07) is 8.31. The number of amides is 1. The number of aromatic nitrogens is 2. The Morgan fingerprint density at radius 2 is 1.76 bits per heavy atom. The van der Waals surface area contributed by atoms with Crippen LogP contribution in [0.2, 0.25) is 0 Å². The number of hydrogen-bond acceptors (Lipinski definition) is 6. The maximum absolute atomic E-state index is 14.0. The molecule has 0 spiro atoms. The van der Waals surface area contributed by atoms with Gasteiger partial charge in [-0.15, -0.1) is 0 Å². The molecule has 10 heteroatoms. The lowest BCUT2D eigenvalue weighted by Crippen LogP contribution is -2.50. The zero-order valence-electron chi connectivity index (χ0n) is 19.9. The molecular formula is C24H33FN6O3. The van der Waals surface area contributed by atoms with Crippen molar-refractivity contribution in [2.24, 2.45) is 20.0 Å². The van der Waals surface area contributed by atoms with Gasteiger partial charge in [0.05, 0.1) is 11.6 Å². The fourth-order valence-electron chi connectivity index (χ4n) is 4.83. The third-order valence-corrected chi connectivity index (χ3v) is 6.91. The van der Waals surface area contributed by atoms with Gasteiger partial charge in [0.1, 0.15) is 11.6 Å². The average molecular weight is 473 g/mol. The predicted molar refractivity (Wildman–Crippen MR) is 130 cm³/mol. The van der Waals surface area contributed by atoms with E-state index in [4.69, 9.17) is 0 Å². The smallest absolute Gasteiger partial charge is 0.332 e. The second kappa shape index (κ2) is 10.4. The van der Waals surface area contributed by atoms with E-state index in [1.54, 1.807) is 13.1 Å². The molecule has 2 aliphatic rings. The van der Waals surface area contributed by atoms with Crippen LogP contribution in [-0.4, -0.2) is 72.3 Å². The fraction of sp³-hybridized carbons (Fsp3) is 0.542. The summed E-state index contributed by atoms with van der Waals surface area (Å²) < 4.78 is 16.6. The molecule has 0 aliphatic carbocycles. The predicted octanol–water partition coefficient (Wildman–Crippen LogP) is 0.378. The zero-order valence-corrected chi connectivity index (χ0v) is 19.9. The summed E-state index contributed by atoms with van der Waals surface area (Å²) in [4.78, 5) is 43.5. The van der Waals surface area contributed by atoms with Crippen molar-refractivity contribution >= 4 is 17.4 Å². The van der Waals surface area contributed by atoms with Gasteiger partial charge in [-0.25, -0.2) is 9.18 Å². The van der Waals surface area contributed by atoms with Crippen LogP contribution < -0.4 is 26.4 Å². The molecule has 9 nitrogen and oxygen atoms in total. The quantitative estimate of drug-likeness (QED) is 0.655. The van der Waals surface area contributed by atoms with E-state index in [0.717, 1.165) is 50.1 Å². The molecule has 2 saturated heterocycles. The molecule has 2 aliphatic heterocycles. The minimum Gasteiger partial charge on any atom is -0.367 e. The van der Waals surface area contributed by atoms with Gasteiger partial charge < -0.3 is 15.1 Å². The number of piperidine rings is 1. The van der Waals surface area contributed by atoms with Gasteiger partial charge in [-0.2, -0.15) is 0 Å². The van der Waals surface area contributed by atoms with Crippen LogP contribution in [0.5, 0.6) is 0 Å². The topological polar surface area (TPSA) is 82.8 Å². The highest BCUT2D eigenvalue weighted by Gasteiger charge is 2.27. The average Bonchev–Trinajstić information content (AvgIpc) is 2.86. The molecule has 1 N–H and O–H groups in total. The van der Waals surface area contributed by atoms with Gasteiger partial charge >= 0.3 is 5.69 Å². The highest BCUT2D eigenvalue weighted by Crippen LogP contribution is 2.22. The summed E-state index contributed by atoms with van der Waals surface area (Å²) in [5.74, 6) is 0.174. The number of rotatable bonds is 6. The number of benzene rings is 1. The summed E-state index contributed by atoms with van der Waals surface area (Å²) in [5, 5.41) is 3.05. The standard InChI is InChI=1S/C24H33FN6O3/c1-27-21(16-22(32)28(2)24(27)34)31-10-5-6-18(17-31)23(33)26-9-11-29-12-14-30(15-13-29)20-8-4-3-7-19(20)25/h3-4,7-8,16,18H,5-6,9-15,17H2,1-2H3,(H,26,33). The number of nitrogens with one attached hydrogen (secondary N) is 1. The first kappa shape index (κ1) is 24.0. The van der Waals surface area contributed by atoms with Gasteiger partial charge in [0.2, 0.25) is 5.91 Å². The van der Waals surface area contributed by atoms with E-state index in [1.807, 2.05) is 17.0 Å². The maximum atomic E-state index is 14.0. The lowest BCUT2D eigenvalue weighted by molar-refractivity contribution is -0.125. The summed E-state index contributed by atoms with van der Waals surface area (Å²) in [5.41, 5.74) is -0.0741. The van der Waals surface area contributed by atoms with E-state index in [0.29, 0.717) is 31.1 Å². The van der Waals surface area contributed by atoms with Crippen LogP contribution in [0, 0.1) is 11.7 Å². The maximum Gasteiger partial charge on any atom is 0.332 e. The molecule has 2 aromatic rings. The Hall–Kier alpha value is -3.14. The van der Waals surface area contributed by atoms with Gasteiger partial charge in [0.25, 0.3) is 5.56 Å². The van der Waals surface area contributed by atoms with E-state index in [2.05, 4.69) is 15.1 Å². The first-order chi connectivity index (χ1) is 16.3. The SMILES string of the molecule is Cn1c(N2CCCC(C(=O)NCCN3CCN(c4ccccc4F)CC3)C2)cc(=O)n(C)c1=O. The van der Waals surface area contributed by atoms with E-state index in [1.165, 1.54) is 23.7 Å². The molecule has 4 rings (SSSR count). The largest absolute Gasteiger partial charge is 0.367 e. The van der Waals surface area contributed by atoms with Gasteiger partial charge in [0.15, 0.2) is 0 Å². The summed E-state index contributed by atoms with van der Waals surface area (Å²) in [6.45, 7) is 5.63. The van der Waals surface area contributed by atoms with Crippen molar-refractivity contribution in [2.45, 2.75) is 12.8 Å². The molecular weight excluding hydrogens is 439 g/mol. The van der Waals surface area contributed by atoms with Crippen molar-refractivity contribution < 1.29 is 9.18 Å². The van der Waals surface area contributed by atoms with Crippen LogP contribution in [-0.2, 0) is 18.9 Å². The Morgan fingerprint density at radius 1 is 1.03 bits per heavy atom. The number of halogens is 1. The van der Waals surface area contributed by atoms with Gasteiger partial charge in [-0.3, -0.25) is 23.6 Å². The normalized spacial score (nSPS) is 19.3. The Morgan fingerprint density at radius 3 is 2.50 bits per heavy atom. The van der Waals surface area contributed by atoms with E-state index < -0.39 is 0 Å². The first-order valence-electron chi connectivity index (χ1n) is 11.9. The number of hydrogen-bond donors (Lipinski definition) is 1. The van der Waals surface area contributed by atoms with Gasteiger partial charge in [-0.1, -0.05) is 12.1 Å². The third-order valence-electron chi connectivity index (χ3n) is 6.91. The van der Waals surface area contributed by atoms with Gasteiger partial charge in [-0.05, 0) is 25.0 Å². The molecule has 1 aromatic heterocycles. The van der Waals surface area contributed by atoms with Crippen molar-refractivity contribution in [3.63, 3.8) is 0 Å². The summed E-state index contributed by atoms with van der Waals surface area (Å²) in [6.07, 6.45) is 1.60. The molecule has 1 aromatic carbocycles. The summed E-state index contributed by atoms with van der Waals surface area (Å²) >= 11 is 0. The van der Waals surface area contributed by atoms with E-state index in [9.17, 15) is 18.8 Å². The Kier molecular flexibility index (Phi) is 7.35. The molecule has 2 fully saturated rings. The van der Waals surface area contributed by atoms with E-state index in [-0.39, 0.29) is 28.9 Å². The molecule has 3 heterocycles. The number of carbonyl (C=O) groups excluding carboxylic acids is 1. The molecule has 1 unspecified atom stereocenters. The molecule has 34 heavy (non-hydrogen) atoms. The highest BCUT2D eigenvalue weighted by molar-refractivity contribution is 5.79. The Balaban J connectivity index is 1.25. The fourth-order valence-corrected chi connectivity index (χ4v) is 4.83. The van der Waals surface area contributed by atoms with Crippen LogP contribution in [0.3, 0.4) is 0 Å². The number of nitrogens with zero attached hydrogens (tertiary/aromatic N) is 5. The van der Waals surface area contributed by atoms with Crippen molar-refractivity contribution in [3.8, 4) is 0 Å². The molecule has 1 atom stereocenters. The molecule has 1 amide bonds. The highest BCUT2D eigenvalue weighted by atomic mass is 19.1. The second-order valence-corrected chi connectivity index (χ2v) is 9.10. The molecule has 184 valence electrons. The Labute approximate surface area is 198 Å². The van der Waals surface area contributed by atoms with Crippen molar-refractivity contribution in [1.29, 1.82) is 0 Å². The number of anilines is 2. The van der Waals surface area contributed by atoms with Crippen LogP contribution in [0.15, 0.2) is 39.9 Å². The lowest BCUT2D eigenvalue weighted by atomic mass is 9.97. The van der Waals surface area contributed by atoms with Crippen LogP contribution in [0.1, 0.15) is 12.8 Å². The van der Waals surface area contributed by atoms with Crippen LogP contribution >= 0.6 is 0 Å². The van der Waals surface area contributed by atoms with Crippen molar-refractivity contribution in [1.82, 2.24) is 19.4 Å². The minimum absolute atomic E-state index is 0.00327. The second-order valence-electron chi connectivity index (χ2n) is 9.10. The zero-order chi connectivity index (χ0) is 24.2. The molecule has 0 bridgehead atoms.